The van der Waals surface area contributed by atoms with Crippen LogP contribution in [0.1, 0.15) is 6.92 Å². The summed E-state index contributed by atoms with van der Waals surface area (Å²) >= 11 is 0. The van der Waals surface area contributed by atoms with Gasteiger partial charge in [0.05, 0.1) is 24.5 Å². The zero-order valence-corrected chi connectivity index (χ0v) is 17.2. The first-order valence-electron chi connectivity index (χ1n) is 9.22. The van der Waals surface area contributed by atoms with Gasteiger partial charge in [0, 0.05) is 7.05 Å². The second-order valence-corrected chi connectivity index (χ2v) is 6.94. The molecule has 1 aromatic rings. The number of nitrogens with zero attached hydrogens (tertiary/aromatic N) is 2. The van der Waals surface area contributed by atoms with E-state index in [1.54, 1.807) is 12.1 Å². The number of anilines is 2. The number of carboxylic acid groups (broad SMARTS) is 1. The fourth-order valence-corrected chi connectivity index (χ4v) is 2.80. The van der Waals surface area contributed by atoms with Crippen LogP contribution in [0.15, 0.2) is 24.3 Å². The lowest BCUT2D eigenvalue weighted by atomic mass is 10.2. The molecule has 1 aliphatic heterocycles. The van der Waals surface area contributed by atoms with Crippen LogP contribution in [0.2, 0.25) is 0 Å². The fraction of sp³-hybridized carbons (Fsp3) is 0.444. The minimum atomic E-state index is -5.90. The lowest BCUT2D eigenvalue weighted by Crippen LogP contribution is -2.54. The average molecular weight is 482 g/mol. The quantitative estimate of drug-likeness (QED) is 0.551. The molecule has 0 unspecified atom stereocenters. The van der Waals surface area contributed by atoms with Crippen molar-refractivity contribution in [2.24, 2.45) is 0 Å². The van der Waals surface area contributed by atoms with Gasteiger partial charge in [-0.25, -0.2) is 9.59 Å². The highest BCUT2D eigenvalue weighted by atomic mass is 19.4. The van der Waals surface area contributed by atoms with Gasteiger partial charge < -0.3 is 25.4 Å². The van der Waals surface area contributed by atoms with Crippen LogP contribution in [0, 0.1) is 0 Å². The van der Waals surface area contributed by atoms with Crippen molar-refractivity contribution in [2.45, 2.75) is 31.2 Å². The maximum Gasteiger partial charge on any atom is 0.455 e. The molecule has 3 N–H and O–H groups in total. The number of benzene rings is 1. The summed E-state index contributed by atoms with van der Waals surface area (Å²) in [6, 6.07) is 4.63. The number of hydrogen-bond acceptors (Lipinski definition) is 5. The molecule has 0 aliphatic carbocycles. The fourth-order valence-electron chi connectivity index (χ4n) is 2.80. The lowest BCUT2D eigenvalue weighted by Gasteiger charge is -2.24. The normalized spacial score (nSPS) is 17.5. The van der Waals surface area contributed by atoms with Gasteiger partial charge in [0.25, 0.3) is 11.8 Å². The van der Waals surface area contributed by atoms with E-state index in [0.717, 1.165) is 16.7 Å². The molecule has 15 heteroatoms. The van der Waals surface area contributed by atoms with Crippen LogP contribution in [0.5, 0.6) is 0 Å². The number of rotatable bonds is 5. The van der Waals surface area contributed by atoms with Crippen LogP contribution in [0.4, 0.5) is 42.9 Å². The Bertz CT molecular complexity index is 941. The lowest BCUT2D eigenvalue weighted by molar-refractivity contribution is -0.278. The molecule has 0 aromatic heterocycles. The van der Waals surface area contributed by atoms with Crippen molar-refractivity contribution >= 4 is 35.4 Å². The Morgan fingerprint density at radius 3 is 2.30 bits per heavy atom. The summed E-state index contributed by atoms with van der Waals surface area (Å²) in [5, 5.41) is 12.9. The van der Waals surface area contributed by atoms with Gasteiger partial charge in [-0.15, -0.1) is 0 Å². The molecule has 1 aliphatic rings. The largest absolute Gasteiger partial charge is 0.465 e. The summed E-state index contributed by atoms with van der Waals surface area (Å²) in [5.74, 6) is -7.04. The molecule has 0 radical (unpaired) electrons. The number of hydrogen-bond donors (Lipinski definition) is 3. The Kier molecular flexibility index (Phi) is 7.34. The molecule has 4 amide bonds. The maximum atomic E-state index is 12.9. The summed E-state index contributed by atoms with van der Waals surface area (Å²) in [5.41, 5.74) is 0.419. The minimum absolute atomic E-state index is 0.173. The number of halogens is 5. The van der Waals surface area contributed by atoms with Crippen LogP contribution in [-0.2, 0) is 14.3 Å². The number of alkyl halides is 5. The van der Waals surface area contributed by atoms with Gasteiger partial charge >= 0.3 is 24.3 Å². The SMILES string of the molecule is C[C@H](OC(=O)NCC(F)(F)C(F)(F)F)C(=O)N[C@H]1CN(C(=O)O)c2ccccc2N(C)C1=O. The van der Waals surface area contributed by atoms with Gasteiger partial charge in [-0.3, -0.25) is 14.5 Å². The monoisotopic (exact) mass is 482 g/mol. The zero-order valence-electron chi connectivity index (χ0n) is 17.2. The summed E-state index contributed by atoms with van der Waals surface area (Å²) in [4.78, 5) is 50.2. The number of carbonyl (C=O) groups excluding carboxylic acids is 3. The predicted molar refractivity (Wildman–Crippen MR) is 102 cm³/mol. The van der Waals surface area contributed by atoms with Gasteiger partial charge in [0.1, 0.15) is 6.04 Å². The number of likely N-dealkylation sites (N-methyl/N-ethyl adjacent to an activating group) is 1. The summed E-state index contributed by atoms with van der Waals surface area (Å²) in [6.45, 7) is -1.63. The number of ether oxygens (including phenoxy) is 1. The molecule has 2 rings (SSSR count). The van der Waals surface area contributed by atoms with Crippen molar-refractivity contribution in [3.05, 3.63) is 24.3 Å². The Hall–Kier alpha value is -3.65. The van der Waals surface area contributed by atoms with Crippen LogP contribution in [-0.4, -0.2) is 73.5 Å². The second-order valence-electron chi connectivity index (χ2n) is 6.94. The van der Waals surface area contributed by atoms with Crippen LogP contribution >= 0.6 is 0 Å². The third-order valence-electron chi connectivity index (χ3n) is 4.60. The number of alkyl carbamates (subject to hydrolysis) is 1. The van der Waals surface area contributed by atoms with E-state index >= 15 is 0 Å². The van der Waals surface area contributed by atoms with E-state index in [0.29, 0.717) is 0 Å². The van der Waals surface area contributed by atoms with E-state index in [9.17, 15) is 46.2 Å². The van der Waals surface area contributed by atoms with Crippen molar-refractivity contribution in [1.29, 1.82) is 0 Å². The standard InChI is InChI=1S/C18H19F5N4O6/c1-9(33-15(30)24-8-17(19,20)18(21,22)23)13(28)25-10-7-27(16(31)32)12-6-4-3-5-11(12)26(2)14(10)29/h3-6,9-10H,7-8H2,1-2H3,(H,24,30)(H,25,28)(H,31,32)/t9-,10-/m0/s1. The molecule has 10 nitrogen and oxygen atoms in total. The van der Waals surface area contributed by atoms with Crippen molar-refractivity contribution in [3.63, 3.8) is 0 Å². The van der Waals surface area contributed by atoms with E-state index < -0.39 is 61.3 Å². The molecule has 0 spiro atoms. The first-order chi connectivity index (χ1) is 15.2. The van der Waals surface area contributed by atoms with E-state index in [2.05, 4.69) is 10.1 Å². The van der Waals surface area contributed by atoms with E-state index in [4.69, 9.17) is 0 Å². The number of amides is 4. The maximum absolute atomic E-state index is 12.9. The Morgan fingerprint density at radius 1 is 1.18 bits per heavy atom. The molecule has 33 heavy (non-hydrogen) atoms. The highest BCUT2D eigenvalue weighted by Crippen LogP contribution is 2.34. The number of fused-ring (bicyclic) bond motifs is 1. The molecule has 0 bridgehead atoms. The Balaban J connectivity index is 2.06. The molecule has 1 heterocycles. The molecule has 1 aromatic carbocycles. The van der Waals surface area contributed by atoms with Crippen molar-refractivity contribution in [2.75, 3.05) is 29.9 Å². The summed E-state index contributed by atoms with van der Waals surface area (Å²) < 4.78 is 66.6. The number of nitrogens with one attached hydrogen (secondary N) is 2. The summed E-state index contributed by atoms with van der Waals surface area (Å²) in [6.07, 6.45) is -10.8. The highest BCUT2D eigenvalue weighted by molar-refractivity contribution is 6.06. The van der Waals surface area contributed by atoms with Crippen LogP contribution in [0.3, 0.4) is 0 Å². The molecule has 0 fully saturated rings. The zero-order chi connectivity index (χ0) is 25.1. The first kappa shape index (κ1) is 25.6. The molecule has 0 saturated carbocycles. The predicted octanol–water partition coefficient (Wildman–Crippen LogP) is 1.94. The minimum Gasteiger partial charge on any atom is -0.465 e. The Labute approximate surface area is 183 Å². The number of para-hydroxylation sites is 2. The molecule has 182 valence electrons. The first-order valence-corrected chi connectivity index (χ1v) is 9.22. The van der Waals surface area contributed by atoms with Gasteiger partial charge in [0.2, 0.25) is 0 Å². The molecule has 0 saturated heterocycles. The van der Waals surface area contributed by atoms with E-state index in [1.807, 2.05) is 0 Å². The topological polar surface area (TPSA) is 128 Å². The third-order valence-corrected chi connectivity index (χ3v) is 4.60. The van der Waals surface area contributed by atoms with E-state index in [-0.39, 0.29) is 11.4 Å². The van der Waals surface area contributed by atoms with Gasteiger partial charge in [-0.05, 0) is 19.1 Å². The van der Waals surface area contributed by atoms with Crippen molar-refractivity contribution in [3.8, 4) is 0 Å². The molecule has 2 atom stereocenters. The van der Waals surface area contributed by atoms with Gasteiger partial charge in [-0.2, -0.15) is 22.0 Å². The van der Waals surface area contributed by atoms with Gasteiger partial charge in [-0.1, -0.05) is 12.1 Å². The van der Waals surface area contributed by atoms with E-state index in [1.165, 1.54) is 24.5 Å². The highest BCUT2D eigenvalue weighted by Gasteiger charge is 2.57. The summed E-state index contributed by atoms with van der Waals surface area (Å²) in [7, 11) is 1.35. The van der Waals surface area contributed by atoms with Crippen molar-refractivity contribution in [1.82, 2.24) is 10.6 Å². The van der Waals surface area contributed by atoms with Gasteiger partial charge in [0.15, 0.2) is 6.10 Å². The number of carbonyl (C=O) groups is 4. The van der Waals surface area contributed by atoms with Crippen LogP contribution < -0.4 is 20.4 Å². The van der Waals surface area contributed by atoms with Crippen molar-refractivity contribution < 1.29 is 51.0 Å². The average Bonchev–Trinajstić information content (AvgIpc) is 2.82. The van der Waals surface area contributed by atoms with Crippen LogP contribution in [0.25, 0.3) is 0 Å². The molecular weight excluding hydrogens is 463 g/mol. The third kappa shape index (κ3) is 5.78. The Morgan fingerprint density at radius 2 is 1.76 bits per heavy atom. The molecular formula is C18H19F5N4O6. The smallest absolute Gasteiger partial charge is 0.455 e. The second kappa shape index (κ2) is 9.46.